The van der Waals surface area contributed by atoms with Gasteiger partial charge in [-0.2, -0.15) is 0 Å². The van der Waals surface area contributed by atoms with E-state index in [9.17, 15) is 24.3 Å². The lowest BCUT2D eigenvalue weighted by Gasteiger charge is -2.58. The summed E-state index contributed by atoms with van der Waals surface area (Å²) in [7, 11) is 3.14. The molecule has 240 valence electrons. The number of allylic oxidation sites excluding steroid dienone is 1. The number of benzene rings is 1. The Balaban J connectivity index is 1.09. The van der Waals surface area contributed by atoms with Crippen LogP contribution in [0.3, 0.4) is 0 Å². The molecule has 0 aliphatic heterocycles. The number of esters is 1. The van der Waals surface area contributed by atoms with Gasteiger partial charge in [0.05, 0.1) is 20.6 Å². The van der Waals surface area contributed by atoms with E-state index in [1.165, 1.54) is 5.57 Å². The molecule has 0 saturated heterocycles. The quantitative estimate of drug-likeness (QED) is 0.351. The summed E-state index contributed by atoms with van der Waals surface area (Å²) in [5.74, 6) is 1.19. The monoisotopic (exact) mass is 609 g/mol. The summed E-state index contributed by atoms with van der Waals surface area (Å²) in [6.07, 6.45) is 8.44. The predicted octanol–water partition coefficient (Wildman–Crippen LogP) is 4.52. The molecule has 0 bridgehead atoms. The average molecular weight is 610 g/mol. The highest BCUT2D eigenvalue weighted by atomic mass is 16.5. The second kappa shape index (κ2) is 12.7. The fourth-order valence-corrected chi connectivity index (χ4v) is 9.06. The fourth-order valence-electron chi connectivity index (χ4n) is 9.06. The molecule has 3 fully saturated rings. The Labute approximate surface area is 260 Å². The van der Waals surface area contributed by atoms with Crippen LogP contribution in [-0.2, 0) is 30.3 Å². The summed E-state index contributed by atoms with van der Waals surface area (Å²) in [5, 5.41) is 14.6. The molecule has 2 N–H and O–H groups in total. The first-order valence-electron chi connectivity index (χ1n) is 16.1. The van der Waals surface area contributed by atoms with Crippen molar-refractivity contribution in [3.63, 3.8) is 0 Å². The van der Waals surface area contributed by atoms with Gasteiger partial charge in [0.15, 0.2) is 23.9 Å². The minimum absolute atomic E-state index is 0.0217. The Kier molecular flexibility index (Phi) is 9.26. The molecule has 0 spiro atoms. The lowest BCUT2D eigenvalue weighted by Crippen LogP contribution is -2.58. The van der Waals surface area contributed by atoms with Gasteiger partial charge in [0.1, 0.15) is 5.60 Å². The van der Waals surface area contributed by atoms with E-state index in [4.69, 9.17) is 14.2 Å². The van der Waals surface area contributed by atoms with Crippen molar-refractivity contribution in [3.05, 3.63) is 35.4 Å². The minimum Gasteiger partial charge on any atom is -0.493 e. The molecule has 1 aromatic rings. The fraction of sp³-hybridized carbons (Fsp3) is 0.657. The van der Waals surface area contributed by atoms with Gasteiger partial charge in [-0.1, -0.05) is 25.5 Å². The summed E-state index contributed by atoms with van der Waals surface area (Å²) < 4.78 is 15.8. The van der Waals surface area contributed by atoms with Crippen LogP contribution in [0.1, 0.15) is 83.6 Å². The smallest absolute Gasteiger partial charge is 0.306 e. The molecular formula is C35H47NO8. The number of methoxy groups -OCH3 is 2. The van der Waals surface area contributed by atoms with Gasteiger partial charge in [-0.3, -0.25) is 19.2 Å². The summed E-state index contributed by atoms with van der Waals surface area (Å²) in [4.78, 5) is 50.3. The number of hydrogen-bond acceptors (Lipinski definition) is 8. The van der Waals surface area contributed by atoms with Crippen molar-refractivity contribution >= 4 is 23.4 Å². The van der Waals surface area contributed by atoms with Crippen LogP contribution in [0.25, 0.3) is 0 Å². The van der Waals surface area contributed by atoms with Gasteiger partial charge in [0, 0.05) is 24.8 Å². The maximum absolute atomic E-state index is 13.4. The highest BCUT2D eigenvalue weighted by Gasteiger charge is 2.66. The van der Waals surface area contributed by atoms with E-state index >= 15 is 0 Å². The molecule has 0 radical (unpaired) electrons. The van der Waals surface area contributed by atoms with Gasteiger partial charge in [0.2, 0.25) is 11.7 Å². The SMILES string of the molecule is COc1ccc(CCNC(=O)CCC(=O)OCC(=O)[C@@]2(O)CC[C@H]3[C@H]4CCC5=CC(=O)CC[C@]5(C)[C@H]4CC[C@]32C)cc1OC. The number of Topliss-reactive ketones (excluding diaryl/α,β-unsaturated/α-hetero) is 1. The largest absolute Gasteiger partial charge is 0.493 e. The summed E-state index contributed by atoms with van der Waals surface area (Å²) >= 11 is 0. The Morgan fingerprint density at radius 1 is 0.955 bits per heavy atom. The van der Waals surface area contributed by atoms with Crippen LogP contribution in [0.15, 0.2) is 29.8 Å². The molecule has 1 aromatic carbocycles. The first-order valence-corrected chi connectivity index (χ1v) is 16.1. The zero-order valence-electron chi connectivity index (χ0n) is 26.5. The Bertz CT molecular complexity index is 1340. The van der Waals surface area contributed by atoms with Crippen LogP contribution in [0, 0.1) is 28.6 Å². The number of aliphatic hydroxyl groups is 1. The number of carbonyl (C=O) groups excluding carboxylic acids is 4. The first-order chi connectivity index (χ1) is 20.9. The topological polar surface area (TPSA) is 128 Å². The van der Waals surface area contributed by atoms with Crippen LogP contribution < -0.4 is 14.8 Å². The molecular weight excluding hydrogens is 562 g/mol. The highest BCUT2D eigenvalue weighted by Crippen LogP contribution is 2.67. The third kappa shape index (κ3) is 5.80. The van der Waals surface area contributed by atoms with Crippen molar-refractivity contribution in [1.29, 1.82) is 0 Å². The molecule has 4 aliphatic carbocycles. The van der Waals surface area contributed by atoms with Crippen molar-refractivity contribution in [2.75, 3.05) is 27.4 Å². The standard InChI is InChI=1S/C35H47NO8/c1-33-15-11-24(37)20-23(33)6-7-25-26(33)12-16-34(2)27(25)13-17-35(34,41)30(38)21-44-32(40)10-9-31(39)36-18-14-22-5-8-28(42-3)29(19-22)43-4/h5,8,19-20,25-27,41H,6-7,9-18,21H2,1-4H3,(H,36,39)/t25-,26-,27-,33-,34+,35-/m0/s1. The van der Waals surface area contributed by atoms with Gasteiger partial charge in [-0.05, 0) is 98.3 Å². The third-order valence-corrected chi connectivity index (χ3v) is 11.7. The Morgan fingerprint density at radius 3 is 2.45 bits per heavy atom. The third-order valence-electron chi connectivity index (χ3n) is 11.7. The number of ether oxygens (including phenoxy) is 3. The van der Waals surface area contributed by atoms with Crippen LogP contribution in [0.4, 0.5) is 0 Å². The van der Waals surface area contributed by atoms with Crippen molar-refractivity contribution in [3.8, 4) is 11.5 Å². The van der Waals surface area contributed by atoms with Gasteiger partial charge in [0.25, 0.3) is 0 Å². The molecule has 9 nitrogen and oxygen atoms in total. The summed E-state index contributed by atoms with van der Waals surface area (Å²) in [6, 6.07) is 5.57. The number of fused-ring (bicyclic) bond motifs is 5. The molecule has 9 heteroatoms. The maximum Gasteiger partial charge on any atom is 0.306 e. The molecule has 44 heavy (non-hydrogen) atoms. The van der Waals surface area contributed by atoms with Gasteiger partial charge in [-0.15, -0.1) is 0 Å². The molecule has 5 rings (SSSR count). The number of nitrogens with one attached hydrogen (secondary N) is 1. The lowest BCUT2D eigenvalue weighted by molar-refractivity contribution is -0.170. The Hall–Kier alpha value is -3.20. The van der Waals surface area contributed by atoms with Crippen LogP contribution in [-0.4, -0.2) is 61.5 Å². The number of amides is 1. The van der Waals surface area contributed by atoms with Crippen molar-refractivity contribution < 1.29 is 38.5 Å². The second-order valence-corrected chi connectivity index (χ2v) is 13.7. The van der Waals surface area contributed by atoms with Crippen molar-refractivity contribution in [2.24, 2.45) is 28.6 Å². The number of rotatable bonds is 11. The maximum atomic E-state index is 13.4. The molecule has 6 atom stereocenters. The zero-order chi connectivity index (χ0) is 31.7. The van der Waals surface area contributed by atoms with Gasteiger partial charge < -0.3 is 24.6 Å². The van der Waals surface area contributed by atoms with Crippen molar-refractivity contribution in [1.82, 2.24) is 5.32 Å². The molecule has 0 unspecified atom stereocenters. The second-order valence-electron chi connectivity index (χ2n) is 13.7. The van der Waals surface area contributed by atoms with E-state index in [1.807, 2.05) is 31.2 Å². The van der Waals surface area contributed by atoms with Gasteiger partial charge in [-0.25, -0.2) is 0 Å². The van der Waals surface area contributed by atoms with Crippen LogP contribution in [0.2, 0.25) is 0 Å². The van der Waals surface area contributed by atoms with Gasteiger partial charge >= 0.3 is 5.97 Å². The van der Waals surface area contributed by atoms with E-state index < -0.39 is 29.4 Å². The molecule has 0 heterocycles. The number of hydrogen-bond donors (Lipinski definition) is 2. The zero-order valence-corrected chi connectivity index (χ0v) is 26.5. The molecule has 1 amide bonds. The van der Waals surface area contributed by atoms with E-state index in [1.54, 1.807) is 14.2 Å². The molecule has 0 aromatic heterocycles. The minimum atomic E-state index is -1.54. The summed E-state index contributed by atoms with van der Waals surface area (Å²) in [6.45, 7) is 4.27. The van der Waals surface area contributed by atoms with E-state index in [0.29, 0.717) is 49.1 Å². The number of carbonyl (C=O) groups is 4. The first kappa shape index (κ1) is 32.2. The Morgan fingerprint density at radius 2 is 1.70 bits per heavy atom. The van der Waals surface area contributed by atoms with E-state index in [2.05, 4.69) is 12.2 Å². The van der Waals surface area contributed by atoms with E-state index in [0.717, 1.165) is 44.1 Å². The van der Waals surface area contributed by atoms with Crippen LogP contribution in [0.5, 0.6) is 11.5 Å². The van der Waals surface area contributed by atoms with E-state index in [-0.39, 0.29) is 35.9 Å². The normalized spacial score (nSPS) is 32.4. The highest BCUT2D eigenvalue weighted by molar-refractivity contribution is 5.92. The molecule has 3 saturated carbocycles. The predicted molar refractivity (Wildman–Crippen MR) is 163 cm³/mol. The number of ketones is 2. The van der Waals surface area contributed by atoms with Crippen molar-refractivity contribution in [2.45, 2.75) is 90.1 Å². The average Bonchev–Trinajstić information content (AvgIpc) is 3.30. The summed E-state index contributed by atoms with van der Waals surface area (Å²) in [5.41, 5.74) is 0.173. The lowest BCUT2D eigenvalue weighted by atomic mass is 9.46. The van der Waals surface area contributed by atoms with Crippen LogP contribution >= 0.6 is 0 Å². The molecule has 4 aliphatic rings.